The van der Waals surface area contributed by atoms with Crippen molar-refractivity contribution >= 4 is 15.9 Å². The molecule has 2 aliphatic rings. The zero-order chi connectivity index (χ0) is 14.0. The van der Waals surface area contributed by atoms with Crippen molar-refractivity contribution in [3.05, 3.63) is 28.5 Å². The number of halogens is 2. The maximum absolute atomic E-state index is 13.2. The summed E-state index contributed by atoms with van der Waals surface area (Å²) in [6.07, 6.45) is 2.58. The molecule has 20 heavy (non-hydrogen) atoms. The predicted octanol–water partition coefficient (Wildman–Crippen LogP) is 2.65. The highest BCUT2D eigenvalue weighted by atomic mass is 79.9. The van der Waals surface area contributed by atoms with Gasteiger partial charge < -0.3 is 10.1 Å². The van der Waals surface area contributed by atoms with Crippen LogP contribution in [0.25, 0.3) is 0 Å². The van der Waals surface area contributed by atoms with Gasteiger partial charge in [0.25, 0.3) is 0 Å². The van der Waals surface area contributed by atoms with Crippen LogP contribution in [-0.2, 0) is 0 Å². The number of benzene rings is 1. The monoisotopic (exact) mass is 342 g/mol. The lowest BCUT2D eigenvalue weighted by atomic mass is 9.87. The Morgan fingerprint density at radius 1 is 1.35 bits per heavy atom. The molecular formula is C15H20BrFN2O. The lowest BCUT2D eigenvalue weighted by Crippen LogP contribution is -2.31. The van der Waals surface area contributed by atoms with E-state index in [0.29, 0.717) is 22.2 Å². The molecule has 1 unspecified atom stereocenters. The van der Waals surface area contributed by atoms with Crippen LogP contribution in [0.5, 0.6) is 5.75 Å². The highest BCUT2D eigenvalue weighted by Crippen LogP contribution is 2.35. The van der Waals surface area contributed by atoms with Crippen molar-refractivity contribution in [2.24, 2.45) is 5.41 Å². The summed E-state index contributed by atoms with van der Waals surface area (Å²) < 4.78 is 19.6. The van der Waals surface area contributed by atoms with E-state index in [1.165, 1.54) is 25.0 Å². The molecule has 2 aliphatic heterocycles. The summed E-state index contributed by atoms with van der Waals surface area (Å²) in [5, 5.41) is 3.47. The molecule has 0 aromatic heterocycles. The van der Waals surface area contributed by atoms with E-state index in [4.69, 9.17) is 4.74 Å². The molecule has 0 bridgehead atoms. The van der Waals surface area contributed by atoms with Gasteiger partial charge in [-0.15, -0.1) is 0 Å². The Kier molecular flexibility index (Phi) is 4.29. The molecule has 1 N–H and O–H groups in total. The Morgan fingerprint density at radius 2 is 2.25 bits per heavy atom. The van der Waals surface area contributed by atoms with Crippen LogP contribution >= 0.6 is 15.9 Å². The fraction of sp³-hybridized carbons (Fsp3) is 0.600. The Labute approximate surface area is 127 Å². The molecule has 0 saturated carbocycles. The standard InChI is InChI=1S/C15H20BrFN2O/c16-12-7-13(17)9-14(8-12)20-6-5-19-4-2-15(11-19)1-3-18-10-15/h7-9,18H,1-6,10-11H2. The number of nitrogens with zero attached hydrogens (tertiary/aromatic N) is 1. The molecule has 3 rings (SSSR count). The molecule has 1 aromatic rings. The third-order valence-electron chi connectivity index (χ3n) is 4.36. The van der Waals surface area contributed by atoms with Crippen LogP contribution in [0.3, 0.4) is 0 Å². The number of hydrogen-bond donors (Lipinski definition) is 1. The minimum atomic E-state index is -0.272. The molecule has 0 aliphatic carbocycles. The van der Waals surface area contributed by atoms with E-state index in [-0.39, 0.29) is 5.82 Å². The summed E-state index contributed by atoms with van der Waals surface area (Å²) >= 11 is 3.27. The number of likely N-dealkylation sites (tertiary alicyclic amines) is 1. The maximum Gasteiger partial charge on any atom is 0.128 e. The zero-order valence-electron chi connectivity index (χ0n) is 11.5. The molecule has 1 aromatic carbocycles. The topological polar surface area (TPSA) is 24.5 Å². The smallest absolute Gasteiger partial charge is 0.128 e. The number of rotatable bonds is 4. The van der Waals surface area contributed by atoms with Crippen LogP contribution in [0.4, 0.5) is 4.39 Å². The van der Waals surface area contributed by atoms with Crippen LogP contribution in [0.2, 0.25) is 0 Å². The van der Waals surface area contributed by atoms with Crippen molar-refractivity contribution in [2.45, 2.75) is 12.8 Å². The van der Waals surface area contributed by atoms with E-state index >= 15 is 0 Å². The molecule has 1 spiro atoms. The van der Waals surface area contributed by atoms with Gasteiger partial charge in [-0.3, -0.25) is 4.90 Å². The van der Waals surface area contributed by atoms with Gasteiger partial charge in [-0.05, 0) is 43.5 Å². The third kappa shape index (κ3) is 3.32. The average Bonchev–Trinajstić information content (AvgIpc) is 2.99. The van der Waals surface area contributed by atoms with Gasteiger partial charge in [0, 0.05) is 30.2 Å². The molecule has 0 radical (unpaired) electrons. The van der Waals surface area contributed by atoms with E-state index in [9.17, 15) is 4.39 Å². The van der Waals surface area contributed by atoms with Gasteiger partial charge in [-0.1, -0.05) is 15.9 Å². The third-order valence-corrected chi connectivity index (χ3v) is 4.82. The largest absolute Gasteiger partial charge is 0.492 e. The van der Waals surface area contributed by atoms with E-state index in [2.05, 4.69) is 26.1 Å². The quantitative estimate of drug-likeness (QED) is 0.910. The first kappa shape index (κ1) is 14.3. The van der Waals surface area contributed by atoms with Gasteiger partial charge in [-0.2, -0.15) is 0 Å². The summed E-state index contributed by atoms with van der Waals surface area (Å²) in [4.78, 5) is 2.46. The lowest BCUT2D eigenvalue weighted by molar-refractivity contribution is 0.217. The van der Waals surface area contributed by atoms with Gasteiger partial charge in [0.15, 0.2) is 0 Å². The van der Waals surface area contributed by atoms with E-state index in [1.807, 2.05) is 0 Å². The molecule has 1 atom stereocenters. The number of nitrogens with one attached hydrogen (secondary N) is 1. The highest BCUT2D eigenvalue weighted by molar-refractivity contribution is 9.10. The minimum absolute atomic E-state index is 0.272. The zero-order valence-corrected chi connectivity index (χ0v) is 13.1. The SMILES string of the molecule is Fc1cc(Br)cc(OCCN2CCC3(CCNC3)C2)c1. The van der Waals surface area contributed by atoms with Crippen LogP contribution < -0.4 is 10.1 Å². The second-order valence-electron chi connectivity index (χ2n) is 5.91. The first-order valence-electron chi connectivity index (χ1n) is 7.17. The van der Waals surface area contributed by atoms with Crippen LogP contribution in [0.1, 0.15) is 12.8 Å². The van der Waals surface area contributed by atoms with Crippen LogP contribution in [-0.4, -0.2) is 44.2 Å². The first-order chi connectivity index (χ1) is 9.65. The van der Waals surface area contributed by atoms with Crippen molar-refractivity contribution in [3.63, 3.8) is 0 Å². The summed E-state index contributed by atoms with van der Waals surface area (Å²) in [5.41, 5.74) is 0.502. The van der Waals surface area contributed by atoms with Crippen LogP contribution in [0, 0.1) is 11.2 Å². The normalized spacial score (nSPS) is 26.5. The molecule has 2 fully saturated rings. The molecule has 2 heterocycles. The average molecular weight is 343 g/mol. The molecule has 110 valence electrons. The Hall–Kier alpha value is -0.650. The van der Waals surface area contributed by atoms with Crippen molar-refractivity contribution in [1.82, 2.24) is 10.2 Å². The number of hydrogen-bond acceptors (Lipinski definition) is 3. The van der Waals surface area contributed by atoms with Crippen molar-refractivity contribution in [1.29, 1.82) is 0 Å². The second-order valence-corrected chi connectivity index (χ2v) is 6.82. The van der Waals surface area contributed by atoms with Gasteiger partial charge in [0.05, 0.1) is 0 Å². The van der Waals surface area contributed by atoms with Gasteiger partial charge >= 0.3 is 0 Å². The molecular weight excluding hydrogens is 323 g/mol. The first-order valence-corrected chi connectivity index (χ1v) is 7.97. The molecule has 0 amide bonds. The summed E-state index contributed by atoms with van der Waals surface area (Å²) in [7, 11) is 0. The van der Waals surface area contributed by atoms with E-state index in [0.717, 1.165) is 32.7 Å². The van der Waals surface area contributed by atoms with Gasteiger partial charge in [-0.25, -0.2) is 4.39 Å². The van der Waals surface area contributed by atoms with Crippen molar-refractivity contribution in [2.75, 3.05) is 39.3 Å². The fourth-order valence-corrected chi connectivity index (χ4v) is 3.71. The van der Waals surface area contributed by atoms with E-state index < -0.39 is 0 Å². The molecule has 5 heteroatoms. The van der Waals surface area contributed by atoms with E-state index in [1.54, 1.807) is 6.07 Å². The predicted molar refractivity (Wildman–Crippen MR) is 80.6 cm³/mol. The number of ether oxygens (including phenoxy) is 1. The Bertz CT molecular complexity index is 457. The van der Waals surface area contributed by atoms with Crippen molar-refractivity contribution in [3.8, 4) is 5.75 Å². The van der Waals surface area contributed by atoms with Crippen LogP contribution in [0.15, 0.2) is 22.7 Å². The van der Waals surface area contributed by atoms with Crippen molar-refractivity contribution < 1.29 is 9.13 Å². The summed E-state index contributed by atoms with van der Waals surface area (Å²) in [6, 6.07) is 4.66. The highest BCUT2D eigenvalue weighted by Gasteiger charge is 2.39. The fourth-order valence-electron chi connectivity index (χ4n) is 3.27. The Morgan fingerprint density at radius 3 is 3.00 bits per heavy atom. The summed E-state index contributed by atoms with van der Waals surface area (Å²) in [6.45, 7) is 6.15. The second kappa shape index (κ2) is 6.00. The summed E-state index contributed by atoms with van der Waals surface area (Å²) in [5.74, 6) is 0.319. The maximum atomic E-state index is 13.2. The van der Waals surface area contributed by atoms with Gasteiger partial charge in [0.1, 0.15) is 18.2 Å². The Balaban J connectivity index is 1.46. The lowest BCUT2D eigenvalue weighted by Gasteiger charge is -2.22. The van der Waals surface area contributed by atoms with Gasteiger partial charge in [0.2, 0.25) is 0 Å². The molecule has 2 saturated heterocycles. The molecule has 3 nitrogen and oxygen atoms in total. The minimum Gasteiger partial charge on any atom is -0.492 e.